The number of hydrogen-bond acceptors (Lipinski definition) is 5. The number of halogens is 3. The number of benzene rings is 1. The number of amides is 2. The Morgan fingerprint density at radius 1 is 1.38 bits per heavy atom. The molecule has 1 aliphatic rings. The summed E-state index contributed by atoms with van der Waals surface area (Å²) in [5.41, 5.74) is 1.03. The van der Waals surface area contributed by atoms with Crippen molar-refractivity contribution < 1.29 is 18.4 Å². The Morgan fingerprint density at radius 3 is 2.79 bits per heavy atom. The summed E-state index contributed by atoms with van der Waals surface area (Å²) in [6, 6.07) is 7.68. The van der Waals surface area contributed by atoms with E-state index < -0.39 is 43.3 Å². The maximum atomic E-state index is 13.4. The third-order valence-electron chi connectivity index (χ3n) is 4.18. The van der Waals surface area contributed by atoms with Crippen LogP contribution in [0.1, 0.15) is 27.5 Å². The number of thiazole rings is 1. The summed E-state index contributed by atoms with van der Waals surface area (Å²) in [5, 5.41) is 14.0. The van der Waals surface area contributed by atoms with E-state index in [9.17, 15) is 18.4 Å². The van der Waals surface area contributed by atoms with E-state index in [0.717, 1.165) is 10.5 Å². The van der Waals surface area contributed by atoms with Crippen LogP contribution in [0, 0.1) is 11.3 Å². The first kappa shape index (κ1) is 20.9. The molecule has 0 saturated carbocycles. The second-order valence-electron chi connectivity index (χ2n) is 6.37. The van der Waals surface area contributed by atoms with Gasteiger partial charge in [0.25, 0.3) is 11.8 Å². The zero-order valence-corrected chi connectivity index (χ0v) is 16.5. The third kappa shape index (κ3) is 5.37. The maximum absolute atomic E-state index is 13.4. The quantitative estimate of drug-likeness (QED) is 0.777. The summed E-state index contributed by atoms with van der Waals surface area (Å²) in [5.74, 6) is -4.43. The molecule has 1 fully saturated rings. The standard InChI is InChI=1S/C19H15ClF2N4O2S/c20-13-4-1-12(2-5-13)3-6-16-25-15(10-29-16)18(28)24-9-17(27)26-11-19(21,22)7-14(26)8-23/h1-6,10,14H,7,9,11H2,(H,24,28)/b6-3+/t14-/m0/s1. The molecular weight excluding hydrogens is 422 g/mol. The zero-order valence-electron chi connectivity index (χ0n) is 14.9. The molecule has 0 spiro atoms. The molecule has 2 heterocycles. The van der Waals surface area contributed by atoms with E-state index in [1.54, 1.807) is 24.3 Å². The maximum Gasteiger partial charge on any atom is 0.271 e. The van der Waals surface area contributed by atoms with Crippen LogP contribution in [0.5, 0.6) is 0 Å². The van der Waals surface area contributed by atoms with E-state index in [1.165, 1.54) is 16.7 Å². The molecule has 0 radical (unpaired) electrons. The number of carbonyl (C=O) groups excluding carboxylic acids is 2. The number of alkyl halides is 2. The van der Waals surface area contributed by atoms with Crippen molar-refractivity contribution >= 4 is 46.9 Å². The van der Waals surface area contributed by atoms with Gasteiger partial charge in [0.05, 0.1) is 19.2 Å². The molecule has 3 rings (SSSR count). The van der Waals surface area contributed by atoms with Crippen molar-refractivity contribution in [2.45, 2.75) is 18.4 Å². The number of hydrogen-bond donors (Lipinski definition) is 1. The molecule has 150 valence electrons. The Labute approximate surface area is 174 Å². The number of aromatic nitrogens is 1. The highest BCUT2D eigenvalue weighted by molar-refractivity contribution is 7.10. The number of carbonyl (C=O) groups is 2. The molecular formula is C19H15ClF2N4O2S. The van der Waals surface area contributed by atoms with Gasteiger partial charge in [-0.2, -0.15) is 5.26 Å². The summed E-state index contributed by atoms with van der Waals surface area (Å²) in [6.07, 6.45) is 2.86. The van der Waals surface area contributed by atoms with Crippen molar-refractivity contribution in [3.05, 3.63) is 50.9 Å². The fourth-order valence-corrected chi connectivity index (χ4v) is 3.57. The van der Waals surface area contributed by atoms with E-state index in [4.69, 9.17) is 16.9 Å². The van der Waals surface area contributed by atoms with Crippen molar-refractivity contribution in [3.8, 4) is 6.07 Å². The minimum atomic E-state index is -3.10. The average molecular weight is 437 g/mol. The summed E-state index contributed by atoms with van der Waals surface area (Å²) < 4.78 is 26.8. The lowest BCUT2D eigenvalue weighted by molar-refractivity contribution is -0.131. The minimum absolute atomic E-state index is 0.113. The molecule has 1 aliphatic heterocycles. The normalized spacial score (nSPS) is 18.0. The van der Waals surface area contributed by atoms with Crippen LogP contribution in [0.25, 0.3) is 12.2 Å². The summed E-state index contributed by atoms with van der Waals surface area (Å²) in [4.78, 5) is 29.3. The average Bonchev–Trinajstić information content (AvgIpc) is 3.29. The molecule has 1 saturated heterocycles. The number of nitrogens with one attached hydrogen (secondary N) is 1. The first-order valence-electron chi connectivity index (χ1n) is 8.52. The molecule has 2 aromatic rings. The monoisotopic (exact) mass is 436 g/mol. The highest BCUT2D eigenvalue weighted by atomic mass is 35.5. The van der Waals surface area contributed by atoms with Gasteiger partial charge in [0.15, 0.2) is 0 Å². The Balaban J connectivity index is 1.56. The van der Waals surface area contributed by atoms with Crippen molar-refractivity contribution in [3.63, 3.8) is 0 Å². The Hall–Kier alpha value is -2.83. The Kier molecular flexibility index (Phi) is 6.25. The van der Waals surface area contributed by atoms with Gasteiger partial charge in [0.1, 0.15) is 16.7 Å². The van der Waals surface area contributed by atoms with Crippen molar-refractivity contribution in [1.82, 2.24) is 15.2 Å². The summed E-state index contributed by atoms with van der Waals surface area (Å²) in [6.45, 7) is -1.31. The third-order valence-corrected chi connectivity index (χ3v) is 5.24. The number of rotatable bonds is 5. The van der Waals surface area contributed by atoms with Crippen molar-refractivity contribution in [2.24, 2.45) is 0 Å². The van der Waals surface area contributed by atoms with E-state index in [2.05, 4.69) is 10.3 Å². The van der Waals surface area contributed by atoms with Gasteiger partial charge in [-0.1, -0.05) is 29.8 Å². The van der Waals surface area contributed by atoms with Crippen LogP contribution in [0.3, 0.4) is 0 Å². The van der Waals surface area contributed by atoms with Gasteiger partial charge in [-0.3, -0.25) is 9.59 Å². The van der Waals surface area contributed by atoms with E-state index in [0.29, 0.717) is 10.0 Å². The van der Waals surface area contributed by atoms with Crippen molar-refractivity contribution in [1.29, 1.82) is 5.26 Å². The number of nitrogens with zero attached hydrogens (tertiary/aromatic N) is 3. The second-order valence-corrected chi connectivity index (χ2v) is 7.69. The molecule has 1 aromatic carbocycles. The first-order valence-corrected chi connectivity index (χ1v) is 9.77. The minimum Gasteiger partial charge on any atom is -0.342 e. The lowest BCUT2D eigenvalue weighted by atomic mass is 10.2. The lowest BCUT2D eigenvalue weighted by Crippen LogP contribution is -2.43. The second kappa shape index (κ2) is 8.68. The van der Waals surface area contributed by atoms with Gasteiger partial charge in [-0.25, -0.2) is 13.8 Å². The predicted octanol–water partition coefficient (Wildman–Crippen LogP) is 3.46. The molecule has 0 aliphatic carbocycles. The van der Waals surface area contributed by atoms with Crippen LogP contribution < -0.4 is 5.32 Å². The van der Waals surface area contributed by atoms with Crippen LogP contribution >= 0.6 is 22.9 Å². The largest absolute Gasteiger partial charge is 0.342 e. The van der Waals surface area contributed by atoms with Gasteiger partial charge in [-0.05, 0) is 23.8 Å². The van der Waals surface area contributed by atoms with Crippen LogP contribution in [-0.4, -0.2) is 46.8 Å². The molecule has 6 nitrogen and oxygen atoms in total. The van der Waals surface area contributed by atoms with E-state index in [-0.39, 0.29) is 5.69 Å². The molecule has 29 heavy (non-hydrogen) atoms. The zero-order chi connectivity index (χ0) is 21.0. The Bertz CT molecular complexity index is 985. The van der Waals surface area contributed by atoms with E-state index >= 15 is 0 Å². The molecule has 1 aromatic heterocycles. The predicted molar refractivity (Wildman–Crippen MR) is 106 cm³/mol. The van der Waals surface area contributed by atoms with Crippen LogP contribution in [-0.2, 0) is 4.79 Å². The SMILES string of the molecule is N#C[C@@H]1CC(F)(F)CN1C(=O)CNC(=O)c1csc(/C=C/c2ccc(Cl)cc2)n1. The first-order chi connectivity index (χ1) is 13.8. The molecule has 10 heteroatoms. The van der Waals surface area contributed by atoms with Crippen LogP contribution in [0.4, 0.5) is 8.78 Å². The van der Waals surface area contributed by atoms with Crippen molar-refractivity contribution in [2.75, 3.05) is 13.1 Å². The van der Waals surface area contributed by atoms with Gasteiger partial charge in [-0.15, -0.1) is 11.3 Å². The highest BCUT2D eigenvalue weighted by Crippen LogP contribution is 2.31. The fraction of sp³-hybridized carbons (Fsp3) is 0.263. The smallest absolute Gasteiger partial charge is 0.271 e. The van der Waals surface area contributed by atoms with Gasteiger partial charge < -0.3 is 10.2 Å². The number of likely N-dealkylation sites (tertiary alicyclic amines) is 1. The topological polar surface area (TPSA) is 86.1 Å². The van der Waals surface area contributed by atoms with Crippen LogP contribution in [0.15, 0.2) is 29.6 Å². The molecule has 1 N–H and O–H groups in total. The molecule has 1 atom stereocenters. The number of nitriles is 1. The Morgan fingerprint density at radius 2 is 2.10 bits per heavy atom. The highest BCUT2D eigenvalue weighted by Gasteiger charge is 2.47. The molecule has 2 amide bonds. The van der Waals surface area contributed by atoms with E-state index in [1.807, 2.05) is 18.2 Å². The molecule has 0 unspecified atom stereocenters. The molecule has 0 bridgehead atoms. The fourth-order valence-electron chi connectivity index (χ4n) is 2.75. The van der Waals surface area contributed by atoms with Gasteiger partial charge >= 0.3 is 0 Å². The summed E-state index contributed by atoms with van der Waals surface area (Å²) in [7, 11) is 0. The van der Waals surface area contributed by atoms with Crippen LogP contribution in [0.2, 0.25) is 5.02 Å². The van der Waals surface area contributed by atoms with Gasteiger partial charge in [0.2, 0.25) is 5.91 Å². The van der Waals surface area contributed by atoms with Gasteiger partial charge in [0, 0.05) is 16.8 Å². The lowest BCUT2D eigenvalue weighted by Gasteiger charge is -2.19. The summed E-state index contributed by atoms with van der Waals surface area (Å²) >= 11 is 7.07.